The molecule has 1 aliphatic heterocycles. The topological polar surface area (TPSA) is 168 Å². The average Bonchev–Trinajstić information content (AvgIpc) is 3.06. The fraction of sp³-hybridized carbons (Fsp3) is 0.643. The number of rotatable bonds is 9. The average molecular weight is 490 g/mol. The Morgan fingerprint density at radius 1 is 1.45 bits per heavy atom. The second-order valence-corrected chi connectivity index (χ2v) is 12.8. The van der Waals surface area contributed by atoms with E-state index in [4.69, 9.17) is 15.6 Å². The molecule has 15 heteroatoms. The van der Waals surface area contributed by atoms with E-state index in [-0.39, 0.29) is 38.7 Å². The molecule has 1 aliphatic rings. The van der Waals surface area contributed by atoms with Crippen LogP contribution in [0.1, 0.15) is 31.9 Å². The molecule has 2 rings (SSSR count). The zero-order chi connectivity index (χ0) is 22.0. The SMILES string of the molecule is CCN(C(=O)CSCCON(O)O)[C@H]1CC(C)S(=O)(=O)c2sc(S(N)(=O)=O)cc21. The highest BCUT2D eigenvalue weighted by atomic mass is 32.3. The van der Waals surface area contributed by atoms with Crippen LogP contribution < -0.4 is 5.14 Å². The first-order valence-corrected chi connectivity index (χ1v) is 13.5. The Morgan fingerprint density at radius 3 is 2.66 bits per heavy atom. The summed E-state index contributed by atoms with van der Waals surface area (Å²) in [6, 6.07) is 0.659. The van der Waals surface area contributed by atoms with Crippen LogP contribution in [-0.4, -0.2) is 73.4 Å². The second kappa shape index (κ2) is 9.57. The van der Waals surface area contributed by atoms with Gasteiger partial charge in [0.2, 0.25) is 15.9 Å². The fourth-order valence-electron chi connectivity index (χ4n) is 3.00. The molecule has 4 N–H and O–H groups in total. The van der Waals surface area contributed by atoms with Gasteiger partial charge in [0.1, 0.15) is 8.42 Å². The standard InChI is InChI=1S/C14H23N3O8S4/c1-3-16(12(18)8-26-5-4-25-17(19)20)11-6-9(2)28(21,22)14-10(11)7-13(27-14)29(15,23)24/h7,9,11,19-20H,3-6,8H2,1-2H3,(H2,15,23,24)/t9?,11-/m0/s1. The lowest BCUT2D eigenvalue weighted by Crippen LogP contribution is -2.41. The van der Waals surface area contributed by atoms with Crippen LogP contribution in [0.2, 0.25) is 0 Å². The van der Waals surface area contributed by atoms with Crippen molar-refractivity contribution in [3.05, 3.63) is 11.6 Å². The molecule has 1 aromatic rings. The van der Waals surface area contributed by atoms with E-state index in [1.165, 1.54) is 29.7 Å². The van der Waals surface area contributed by atoms with Crippen LogP contribution in [0.3, 0.4) is 0 Å². The number of nitrogens with two attached hydrogens (primary N) is 1. The van der Waals surface area contributed by atoms with Gasteiger partial charge in [-0.1, -0.05) is 0 Å². The number of hydrogen-bond acceptors (Lipinski definition) is 11. The molecule has 0 aromatic carbocycles. The Balaban J connectivity index is 2.26. The van der Waals surface area contributed by atoms with E-state index >= 15 is 0 Å². The van der Waals surface area contributed by atoms with Gasteiger partial charge in [0.25, 0.3) is 0 Å². The molecular formula is C14H23N3O8S4. The molecule has 1 amide bonds. The highest BCUT2D eigenvalue weighted by Crippen LogP contribution is 2.45. The minimum Gasteiger partial charge on any atom is -0.335 e. The van der Waals surface area contributed by atoms with Crippen molar-refractivity contribution < 1.29 is 36.9 Å². The smallest absolute Gasteiger partial charge is 0.247 e. The maximum Gasteiger partial charge on any atom is 0.247 e. The molecule has 11 nitrogen and oxygen atoms in total. The van der Waals surface area contributed by atoms with Crippen LogP contribution in [-0.2, 0) is 29.5 Å². The molecule has 0 saturated heterocycles. The maximum atomic E-state index is 12.7. The summed E-state index contributed by atoms with van der Waals surface area (Å²) in [6.45, 7) is 3.56. The predicted molar refractivity (Wildman–Crippen MR) is 106 cm³/mol. The summed E-state index contributed by atoms with van der Waals surface area (Å²) in [5.41, 5.74) is 0.275. The van der Waals surface area contributed by atoms with E-state index in [2.05, 4.69) is 4.84 Å². The Morgan fingerprint density at radius 2 is 2.10 bits per heavy atom. The number of carbonyl (C=O) groups is 1. The van der Waals surface area contributed by atoms with E-state index < -0.39 is 36.5 Å². The van der Waals surface area contributed by atoms with Gasteiger partial charge in [-0.3, -0.25) is 15.2 Å². The molecule has 2 heterocycles. The highest BCUT2D eigenvalue weighted by Gasteiger charge is 2.42. The molecule has 0 saturated carbocycles. The van der Waals surface area contributed by atoms with Gasteiger partial charge in [0.15, 0.2) is 9.84 Å². The molecule has 29 heavy (non-hydrogen) atoms. The van der Waals surface area contributed by atoms with Gasteiger partial charge in [0.05, 0.1) is 29.0 Å². The number of carbonyl (C=O) groups excluding carboxylic acids is 1. The molecule has 166 valence electrons. The van der Waals surface area contributed by atoms with Crippen LogP contribution in [0.25, 0.3) is 0 Å². The van der Waals surface area contributed by atoms with Crippen molar-refractivity contribution >= 4 is 48.9 Å². The molecule has 0 radical (unpaired) electrons. The fourth-order valence-corrected chi connectivity index (χ4v) is 8.07. The number of thiophene rings is 1. The van der Waals surface area contributed by atoms with Gasteiger partial charge < -0.3 is 4.90 Å². The monoisotopic (exact) mass is 489 g/mol. The Kier molecular flexibility index (Phi) is 8.08. The molecule has 1 aromatic heterocycles. The minimum atomic E-state index is -4.08. The molecule has 0 spiro atoms. The largest absolute Gasteiger partial charge is 0.335 e. The summed E-state index contributed by atoms with van der Waals surface area (Å²) in [4.78, 5) is 18.6. The van der Waals surface area contributed by atoms with Crippen molar-refractivity contribution in [2.24, 2.45) is 5.14 Å². The highest BCUT2D eigenvalue weighted by molar-refractivity contribution is 8.00. The van der Waals surface area contributed by atoms with Gasteiger partial charge >= 0.3 is 0 Å². The predicted octanol–water partition coefficient (Wildman–Crippen LogP) is 0.596. The van der Waals surface area contributed by atoms with Crippen molar-refractivity contribution in [1.29, 1.82) is 0 Å². The van der Waals surface area contributed by atoms with Gasteiger partial charge in [0, 0.05) is 17.9 Å². The third-order valence-electron chi connectivity index (χ3n) is 4.38. The summed E-state index contributed by atoms with van der Waals surface area (Å²) < 4.78 is 48.5. The third-order valence-corrected chi connectivity index (χ3v) is 10.6. The first-order valence-electron chi connectivity index (χ1n) is 8.48. The van der Waals surface area contributed by atoms with E-state index in [1.54, 1.807) is 6.92 Å². The van der Waals surface area contributed by atoms with Crippen molar-refractivity contribution in [3.63, 3.8) is 0 Å². The van der Waals surface area contributed by atoms with Crippen LogP contribution in [0.4, 0.5) is 0 Å². The second-order valence-electron chi connectivity index (χ2n) is 6.28. The van der Waals surface area contributed by atoms with Gasteiger partial charge in [-0.25, -0.2) is 26.8 Å². The first kappa shape index (κ1) is 24.5. The molecular weight excluding hydrogens is 466 g/mol. The van der Waals surface area contributed by atoms with Crippen LogP contribution in [0, 0.1) is 0 Å². The lowest BCUT2D eigenvalue weighted by atomic mass is 10.0. The van der Waals surface area contributed by atoms with E-state index in [9.17, 15) is 21.6 Å². The number of hydrogen-bond donors (Lipinski definition) is 3. The zero-order valence-electron chi connectivity index (χ0n) is 15.7. The number of amides is 1. The number of sulfonamides is 1. The van der Waals surface area contributed by atoms with Gasteiger partial charge in [-0.05, 0) is 26.3 Å². The van der Waals surface area contributed by atoms with Crippen molar-refractivity contribution in [2.45, 2.75) is 40.0 Å². The van der Waals surface area contributed by atoms with Crippen molar-refractivity contribution in [3.8, 4) is 0 Å². The van der Waals surface area contributed by atoms with Gasteiger partial charge in [-0.2, -0.15) is 0 Å². The lowest BCUT2D eigenvalue weighted by molar-refractivity contribution is -0.490. The number of nitrogens with zero attached hydrogens (tertiary/aromatic N) is 2. The number of sulfone groups is 1. The molecule has 2 atom stereocenters. The summed E-state index contributed by atoms with van der Waals surface area (Å²) in [5, 5.41) is 20.9. The van der Waals surface area contributed by atoms with Crippen LogP contribution >= 0.6 is 23.1 Å². The Labute approximate surface area is 177 Å². The maximum absolute atomic E-state index is 12.7. The van der Waals surface area contributed by atoms with Crippen LogP contribution in [0.15, 0.2) is 14.5 Å². The Hall–Kier alpha value is -0.780. The van der Waals surface area contributed by atoms with E-state index in [1.807, 2.05) is 0 Å². The number of fused-ring (bicyclic) bond motifs is 1. The third kappa shape index (κ3) is 5.68. The van der Waals surface area contributed by atoms with E-state index in [0.29, 0.717) is 23.6 Å². The normalized spacial score (nSPS) is 21.2. The zero-order valence-corrected chi connectivity index (χ0v) is 19.0. The molecule has 0 fully saturated rings. The minimum absolute atomic E-state index is 0.0256. The number of thioether (sulfide) groups is 1. The Bertz CT molecular complexity index is 944. The summed E-state index contributed by atoms with van der Waals surface area (Å²) in [7, 11) is -7.79. The van der Waals surface area contributed by atoms with Crippen molar-refractivity contribution in [2.75, 3.05) is 24.7 Å². The first-order chi connectivity index (χ1) is 13.4. The molecule has 1 unspecified atom stereocenters. The summed E-state index contributed by atoms with van der Waals surface area (Å²) in [6.07, 6.45) is 0.146. The molecule has 0 bridgehead atoms. The van der Waals surface area contributed by atoms with Crippen molar-refractivity contribution in [1.82, 2.24) is 10.3 Å². The number of primary sulfonamides is 1. The summed E-state index contributed by atoms with van der Waals surface area (Å²) >= 11 is 1.82. The van der Waals surface area contributed by atoms with Crippen LogP contribution in [0.5, 0.6) is 0 Å². The van der Waals surface area contributed by atoms with Gasteiger partial charge in [-0.15, -0.1) is 23.1 Å². The summed E-state index contributed by atoms with van der Waals surface area (Å²) in [5.74, 6) is 0.121. The lowest BCUT2D eigenvalue weighted by Gasteiger charge is -2.36. The molecule has 0 aliphatic carbocycles. The quantitative estimate of drug-likeness (QED) is 0.330. The van der Waals surface area contributed by atoms with E-state index in [0.717, 1.165) is 0 Å².